The summed E-state index contributed by atoms with van der Waals surface area (Å²) in [5.74, 6) is 1.09. The molecule has 0 saturated heterocycles. The van der Waals surface area contributed by atoms with E-state index in [0.717, 1.165) is 16.9 Å². The molecule has 3 N–H and O–H groups in total. The molecule has 110 valence electrons. The lowest BCUT2D eigenvalue weighted by atomic mass is 10.1. The van der Waals surface area contributed by atoms with Gasteiger partial charge in [-0.15, -0.1) is 0 Å². The number of pyridine rings is 1. The van der Waals surface area contributed by atoms with Crippen molar-refractivity contribution in [2.45, 2.75) is 20.3 Å². The van der Waals surface area contributed by atoms with E-state index in [-0.39, 0.29) is 12.3 Å². The molecule has 0 saturated carbocycles. The number of nitrogens with zero attached hydrogens (tertiary/aromatic N) is 1. The minimum Gasteiger partial charge on any atom is -0.493 e. The van der Waals surface area contributed by atoms with Crippen molar-refractivity contribution in [1.82, 2.24) is 4.98 Å². The highest BCUT2D eigenvalue weighted by atomic mass is 16.5. The van der Waals surface area contributed by atoms with Crippen LogP contribution in [0.25, 0.3) is 0 Å². The molecule has 1 heterocycles. The summed E-state index contributed by atoms with van der Waals surface area (Å²) < 4.78 is 5.60. The largest absolute Gasteiger partial charge is 0.493 e. The number of nitrogen functional groups attached to an aromatic ring is 1. The highest BCUT2D eigenvalue weighted by molar-refractivity contribution is 5.90. The Balaban J connectivity index is 1.80. The van der Waals surface area contributed by atoms with Gasteiger partial charge in [-0.3, -0.25) is 4.79 Å². The van der Waals surface area contributed by atoms with Crippen LogP contribution in [0.5, 0.6) is 5.75 Å². The number of rotatable bonds is 5. The number of carbonyl (C=O) groups excluding carboxylic acids is 1. The molecule has 0 radical (unpaired) electrons. The van der Waals surface area contributed by atoms with E-state index in [0.29, 0.717) is 18.1 Å². The summed E-state index contributed by atoms with van der Waals surface area (Å²) in [6.07, 6.45) is 1.80. The number of ether oxygens (including phenoxy) is 1. The molecule has 0 unspecified atom stereocenters. The second kappa shape index (κ2) is 6.74. The molecule has 0 aliphatic rings. The number of aromatic nitrogens is 1. The first-order valence-corrected chi connectivity index (χ1v) is 6.75. The number of hydrogen-bond acceptors (Lipinski definition) is 4. The van der Waals surface area contributed by atoms with Gasteiger partial charge in [0, 0.05) is 0 Å². The third-order valence-corrected chi connectivity index (χ3v) is 2.86. The van der Waals surface area contributed by atoms with E-state index in [9.17, 15) is 4.79 Å². The van der Waals surface area contributed by atoms with Crippen LogP contribution < -0.4 is 15.8 Å². The third kappa shape index (κ3) is 4.80. The van der Waals surface area contributed by atoms with Crippen LogP contribution in [-0.4, -0.2) is 17.5 Å². The summed E-state index contributed by atoms with van der Waals surface area (Å²) in [6.45, 7) is 4.36. The van der Waals surface area contributed by atoms with E-state index in [2.05, 4.69) is 16.4 Å². The smallest absolute Gasteiger partial charge is 0.227 e. The van der Waals surface area contributed by atoms with Crippen LogP contribution in [0.4, 0.5) is 11.5 Å². The molecule has 5 heteroatoms. The molecule has 0 aliphatic carbocycles. The zero-order valence-corrected chi connectivity index (χ0v) is 12.2. The van der Waals surface area contributed by atoms with Crippen molar-refractivity contribution in [3.63, 3.8) is 0 Å². The summed E-state index contributed by atoms with van der Waals surface area (Å²) in [4.78, 5) is 15.7. The number of amides is 1. The first-order chi connectivity index (χ1) is 10.0. The molecule has 0 bridgehead atoms. The minimum absolute atomic E-state index is 0.119. The molecule has 2 rings (SSSR count). The quantitative estimate of drug-likeness (QED) is 0.885. The summed E-state index contributed by atoms with van der Waals surface area (Å²) in [6, 6.07) is 9.34. The van der Waals surface area contributed by atoms with Crippen LogP contribution in [0.3, 0.4) is 0 Å². The fourth-order valence-electron chi connectivity index (χ4n) is 1.98. The minimum atomic E-state index is -0.119. The van der Waals surface area contributed by atoms with Gasteiger partial charge in [-0.1, -0.05) is 6.07 Å². The normalized spacial score (nSPS) is 10.2. The third-order valence-electron chi connectivity index (χ3n) is 2.86. The SMILES string of the molecule is Cc1cc(C)cc(OCCC(=O)Nc2ccc(N)nc2)c1. The van der Waals surface area contributed by atoms with Gasteiger partial charge in [0.2, 0.25) is 5.91 Å². The lowest BCUT2D eigenvalue weighted by Crippen LogP contribution is -2.15. The number of nitrogens with one attached hydrogen (secondary N) is 1. The molecular weight excluding hydrogens is 266 g/mol. The summed E-state index contributed by atoms with van der Waals surface area (Å²) in [7, 11) is 0. The zero-order valence-electron chi connectivity index (χ0n) is 12.2. The van der Waals surface area contributed by atoms with E-state index in [4.69, 9.17) is 10.5 Å². The molecule has 0 fully saturated rings. The van der Waals surface area contributed by atoms with E-state index in [1.54, 1.807) is 12.1 Å². The van der Waals surface area contributed by atoms with E-state index in [1.165, 1.54) is 6.20 Å². The van der Waals surface area contributed by atoms with E-state index >= 15 is 0 Å². The average molecular weight is 285 g/mol. The second-order valence-corrected chi connectivity index (χ2v) is 4.94. The van der Waals surface area contributed by atoms with Crippen LogP contribution in [0, 0.1) is 13.8 Å². The number of aryl methyl sites for hydroxylation is 2. The predicted octanol–water partition coefficient (Wildman–Crippen LogP) is 2.69. The first kappa shape index (κ1) is 14.8. The maximum atomic E-state index is 11.8. The Hall–Kier alpha value is -2.56. The molecule has 0 atom stereocenters. The Kier molecular flexibility index (Phi) is 4.77. The van der Waals surface area contributed by atoms with Gasteiger partial charge < -0.3 is 15.8 Å². The lowest BCUT2D eigenvalue weighted by molar-refractivity contribution is -0.116. The number of anilines is 2. The average Bonchev–Trinajstić information content (AvgIpc) is 2.40. The number of benzene rings is 1. The van der Waals surface area contributed by atoms with Gasteiger partial charge in [0.25, 0.3) is 0 Å². The van der Waals surface area contributed by atoms with Crippen molar-refractivity contribution in [2.75, 3.05) is 17.7 Å². The summed E-state index contributed by atoms with van der Waals surface area (Å²) >= 11 is 0. The maximum Gasteiger partial charge on any atom is 0.227 e. The van der Waals surface area contributed by atoms with Crippen molar-refractivity contribution >= 4 is 17.4 Å². The van der Waals surface area contributed by atoms with Gasteiger partial charge in [-0.2, -0.15) is 0 Å². The first-order valence-electron chi connectivity index (χ1n) is 6.75. The van der Waals surface area contributed by atoms with Crippen molar-refractivity contribution < 1.29 is 9.53 Å². The molecule has 2 aromatic rings. The van der Waals surface area contributed by atoms with Crippen LogP contribution in [0.1, 0.15) is 17.5 Å². The van der Waals surface area contributed by atoms with Crippen molar-refractivity contribution in [3.8, 4) is 5.75 Å². The van der Waals surface area contributed by atoms with Gasteiger partial charge in [0.15, 0.2) is 0 Å². The maximum absolute atomic E-state index is 11.8. The van der Waals surface area contributed by atoms with Gasteiger partial charge in [-0.05, 0) is 49.2 Å². The Morgan fingerprint density at radius 3 is 2.57 bits per heavy atom. The number of hydrogen-bond donors (Lipinski definition) is 2. The molecule has 21 heavy (non-hydrogen) atoms. The van der Waals surface area contributed by atoms with Gasteiger partial charge in [0.05, 0.1) is 24.9 Å². The monoisotopic (exact) mass is 285 g/mol. The molecule has 1 amide bonds. The van der Waals surface area contributed by atoms with Crippen LogP contribution in [0.15, 0.2) is 36.5 Å². The van der Waals surface area contributed by atoms with Gasteiger partial charge in [-0.25, -0.2) is 4.98 Å². The Morgan fingerprint density at radius 1 is 1.24 bits per heavy atom. The second-order valence-electron chi connectivity index (χ2n) is 4.94. The van der Waals surface area contributed by atoms with Gasteiger partial charge in [0.1, 0.15) is 11.6 Å². The number of carbonyl (C=O) groups is 1. The summed E-state index contributed by atoms with van der Waals surface area (Å²) in [5.41, 5.74) is 8.39. The molecule has 0 aliphatic heterocycles. The number of nitrogens with two attached hydrogens (primary N) is 1. The van der Waals surface area contributed by atoms with E-state index in [1.807, 2.05) is 26.0 Å². The molecule has 1 aromatic heterocycles. The Bertz CT molecular complexity index is 604. The molecule has 1 aromatic carbocycles. The summed E-state index contributed by atoms with van der Waals surface area (Å²) in [5, 5.41) is 2.74. The van der Waals surface area contributed by atoms with Crippen LogP contribution in [0.2, 0.25) is 0 Å². The standard InChI is InChI=1S/C16H19N3O2/c1-11-7-12(2)9-14(8-11)21-6-5-16(20)19-13-3-4-15(17)18-10-13/h3-4,7-10H,5-6H2,1-2H3,(H2,17,18)(H,19,20). The zero-order chi connectivity index (χ0) is 15.2. The Morgan fingerprint density at radius 2 is 1.95 bits per heavy atom. The van der Waals surface area contributed by atoms with Crippen LogP contribution >= 0.6 is 0 Å². The Labute approximate surface area is 124 Å². The van der Waals surface area contributed by atoms with Gasteiger partial charge >= 0.3 is 0 Å². The predicted molar refractivity (Wildman–Crippen MR) is 83.3 cm³/mol. The van der Waals surface area contributed by atoms with Crippen molar-refractivity contribution in [3.05, 3.63) is 47.7 Å². The van der Waals surface area contributed by atoms with Crippen LogP contribution in [-0.2, 0) is 4.79 Å². The van der Waals surface area contributed by atoms with Crippen molar-refractivity contribution in [2.24, 2.45) is 0 Å². The highest BCUT2D eigenvalue weighted by Gasteiger charge is 2.04. The molecular formula is C16H19N3O2. The fourth-order valence-corrected chi connectivity index (χ4v) is 1.98. The topological polar surface area (TPSA) is 77.2 Å². The highest BCUT2D eigenvalue weighted by Crippen LogP contribution is 2.16. The molecule has 5 nitrogen and oxygen atoms in total. The fraction of sp³-hybridized carbons (Fsp3) is 0.250. The van der Waals surface area contributed by atoms with E-state index < -0.39 is 0 Å². The van der Waals surface area contributed by atoms with Crippen molar-refractivity contribution in [1.29, 1.82) is 0 Å². The lowest BCUT2D eigenvalue weighted by Gasteiger charge is -2.09. The molecule has 0 spiro atoms.